The standard InChI is InChI=1S/C8H13NO/c1-2-3-7-4-5-8(6-10)9-7/h4-5,9-10H,2-3,6H2,1H3. The van der Waals surface area contributed by atoms with Crippen LogP contribution in [0.4, 0.5) is 0 Å². The van der Waals surface area contributed by atoms with Crippen LogP contribution in [0.2, 0.25) is 0 Å². The van der Waals surface area contributed by atoms with Crippen molar-refractivity contribution in [2.24, 2.45) is 0 Å². The molecule has 0 aromatic carbocycles. The summed E-state index contributed by atoms with van der Waals surface area (Å²) in [4.78, 5) is 3.11. The van der Waals surface area contributed by atoms with Crippen LogP contribution in [0.25, 0.3) is 0 Å². The summed E-state index contributed by atoms with van der Waals surface area (Å²) in [7, 11) is 0. The van der Waals surface area contributed by atoms with E-state index in [0.717, 1.165) is 18.5 Å². The van der Waals surface area contributed by atoms with Gasteiger partial charge in [0.1, 0.15) is 0 Å². The van der Waals surface area contributed by atoms with Gasteiger partial charge >= 0.3 is 0 Å². The van der Waals surface area contributed by atoms with Gasteiger partial charge in [-0.25, -0.2) is 0 Å². The molecule has 2 nitrogen and oxygen atoms in total. The summed E-state index contributed by atoms with van der Waals surface area (Å²) in [6.45, 7) is 2.25. The summed E-state index contributed by atoms with van der Waals surface area (Å²) in [6.07, 6.45) is 2.21. The summed E-state index contributed by atoms with van der Waals surface area (Å²) in [5, 5.41) is 8.69. The van der Waals surface area contributed by atoms with Crippen molar-refractivity contribution in [3.8, 4) is 0 Å². The zero-order chi connectivity index (χ0) is 7.40. The molecule has 0 saturated heterocycles. The van der Waals surface area contributed by atoms with Crippen LogP contribution in [-0.4, -0.2) is 10.1 Å². The Kier molecular flexibility index (Phi) is 2.51. The average molecular weight is 139 g/mol. The van der Waals surface area contributed by atoms with Gasteiger partial charge in [0, 0.05) is 11.4 Å². The summed E-state index contributed by atoms with van der Waals surface area (Å²) < 4.78 is 0. The molecule has 0 unspecified atom stereocenters. The van der Waals surface area contributed by atoms with E-state index in [1.165, 1.54) is 5.69 Å². The van der Waals surface area contributed by atoms with Gasteiger partial charge in [-0.2, -0.15) is 0 Å². The zero-order valence-electron chi connectivity index (χ0n) is 6.22. The number of H-pyrrole nitrogens is 1. The van der Waals surface area contributed by atoms with Crippen molar-refractivity contribution < 1.29 is 5.11 Å². The van der Waals surface area contributed by atoms with Crippen LogP contribution < -0.4 is 0 Å². The van der Waals surface area contributed by atoms with Crippen molar-refractivity contribution >= 4 is 0 Å². The van der Waals surface area contributed by atoms with Gasteiger partial charge in [-0.1, -0.05) is 13.3 Å². The predicted octanol–water partition coefficient (Wildman–Crippen LogP) is 1.46. The second kappa shape index (κ2) is 3.42. The number of aryl methyl sites for hydroxylation is 1. The Bertz CT molecular complexity index is 193. The first-order valence-corrected chi connectivity index (χ1v) is 3.64. The van der Waals surface area contributed by atoms with Gasteiger partial charge in [-0.15, -0.1) is 0 Å². The molecule has 0 aliphatic heterocycles. The van der Waals surface area contributed by atoms with Crippen molar-refractivity contribution in [1.29, 1.82) is 0 Å². The van der Waals surface area contributed by atoms with Crippen LogP contribution >= 0.6 is 0 Å². The van der Waals surface area contributed by atoms with Crippen LogP contribution in [0, 0.1) is 0 Å². The Morgan fingerprint density at radius 1 is 1.40 bits per heavy atom. The molecule has 1 rings (SSSR count). The van der Waals surface area contributed by atoms with Gasteiger partial charge in [0.15, 0.2) is 0 Å². The van der Waals surface area contributed by atoms with Crippen LogP contribution in [0.15, 0.2) is 12.1 Å². The van der Waals surface area contributed by atoms with Gasteiger partial charge in [-0.3, -0.25) is 0 Å². The molecule has 0 aliphatic rings. The van der Waals surface area contributed by atoms with Gasteiger partial charge < -0.3 is 10.1 Å². The van der Waals surface area contributed by atoms with Crippen molar-refractivity contribution in [3.05, 3.63) is 23.5 Å². The maximum atomic E-state index is 8.69. The molecule has 56 valence electrons. The van der Waals surface area contributed by atoms with Crippen molar-refractivity contribution in [3.63, 3.8) is 0 Å². The molecule has 0 radical (unpaired) electrons. The first-order chi connectivity index (χ1) is 4.86. The highest BCUT2D eigenvalue weighted by atomic mass is 16.3. The summed E-state index contributed by atoms with van der Waals surface area (Å²) in [5.41, 5.74) is 2.12. The Balaban J connectivity index is 2.59. The molecule has 1 heterocycles. The number of aromatic amines is 1. The minimum absolute atomic E-state index is 0.115. The SMILES string of the molecule is CCCc1ccc(CO)[nH]1. The number of rotatable bonds is 3. The minimum atomic E-state index is 0.115. The third kappa shape index (κ3) is 1.61. The second-order valence-corrected chi connectivity index (χ2v) is 2.42. The van der Waals surface area contributed by atoms with Crippen LogP contribution in [0.5, 0.6) is 0 Å². The quantitative estimate of drug-likeness (QED) is 0.653. The molecule has 0 spiro atoms. The molecule has 2 heteroatoms. The molecule has 0 amide bonds. The molecular formula is C8H13NO. The highest BCUT2D eigenvalue weighted by Gasteiger charge is 1.94. The lowest BCUT2D eigenvalue weighted by molar-refractivity contribution is 0.277. The lowest BCUT2D eigenvalue weighted by Gasteiger charge is -1.91. The Hall–Kier alpha value is -0.760. The van der Waals surface area contributed by atoms with E-state index in [4.69, 9.17) is 5.11 Å². The maximum Gasteiger partial charge on any atom is 0.0830 e. The molecule has 1 aromatic rings. The molecule has 0 fully saturated rings. The van der Waals surface area contributed by atoms with E-state index in [-0.39, 0.29) is 6.61 Å². The zero-order valence-corrected chi connectivity index (χ0v) is 6.22. The van der Waals surface area contributed by atoms with E-state index in [1.807, 2.05) is 12.1 Å². The van der Waals surface area contributed by atoms with E-state index < -0.39 is 0 Å². The molecule has 10 heavy (non-hydrogen) atoms. The van der Waals surface area contributed by atoms with E-state index >= 15 is 0 Å². The van der Waals surface area contributed by atoms with Gasteiger partial charge in [0.05, 0.1) is 6.61 Å². The maximum absolute atomic E-state index is 8.69. The summed E-state index contributed by atoms with van der Waals surface area (Å²) in [6, 6.07) is 3.94. The van der Waals surface area contributed by atoms with Gasteiger partial charge in [-0.05, 0) is 18.6 Å². The topological polar surface area (TPSA) is 36.0 Å². The molecule has 0 bridgehead atoms. The lowest BCUT2D eigenvalue weighted by atomic mass is 10.3. The van der Waals surface area contributed by atoms with E-state index in [1.54, 1.807) is 0 Å². The fraction of sp³-hybridized carbons (Fsp3) is 0.500. The van der Waals surface area contributed by atoms with E-state index in [0.29, 0.717) is 0 Å². The fourth-order valence-electron chi connectivity index (χ4n) is 0.998. The van der Waals surface area contributed by atoms with Crippen molar-refractivity contribution in [2.75, 3.05) is 0 Å². The molecular weight excluding hydrogens is 126 g/mol. The number of hydrogen-bond acceptors (Lipinski definition) is 1. The van der Waals surface area contributed by atoms with Crippen molar-refractivity contribution in [1.82, 2.24) is 4.98 Å². The van der Waals surface area contributed by atoms with Crippen LogP contribution in [0.3, 0.4) is 0 Å². The largest absolute Gasteiger partial charge is 0.390 e. The Labute approximate surface area is 60.9 Å². The number of aliphatic hydroxyl groups excluding tert-OH is 1. The minimum Gasteiger partial charge on any atom is -0.390 e. The lowest BCUT2D eigenvalue weighted by Crippen LogP contribution is -1.85. The third-order valence-corrected chi connectivity index (χ3v) is 1.50. The highest BCUT2D eigenvalue weighted by Crippen LogP contribution is 2.03. The number of aliphatic hydroxyl groups is 1. The number of hydrogen-bond donors (Lipinski definition) is 2. The second-order valence-electron chi connectivity index (χ2n) is 2.42. The molecule has 0 atom stereocenters. The summed E-state index contributed by atoms with van der Waals surface area (Å²) in [5.74, 6) is 0. The average Bonchev–Trinajstić information content (AvgIpc) is 2.37. The molecule has 1 aromatic heterocycles. The highest BCUT2D eigenvalue weighted by molar-refractivity contribution is 5.12. The van der Waals surface area contributed by atoms with E-state index in [2.05, 4.69) is 11.9 Å². The number of nitrogens with one attached hydrogen (secondary N) is 1. The van der Waals surface area contributed by atoms with Crippen LogP contribution in [-0.2, 0) is 13.0 Å². The molecule has 2 N–H and O–H groups in total. The first kappa shape index (κ1) is 7.35. The predicted molar refractivity (Wildman–Crippen MR) is 40.7 cm³/mol. The molecule has 0 aliphatic carbocycles. The van der Waals surface area contributed by atoms with Gasteiger partial charge in [0.25, 0.3) is 0 Å². The third-order valence-electron chi connectivity index (χ3n) is 1.50. The Morgan fingerprint density at radius 3 is 2.60 bits per heavy atom. The normalized spacial score (nSPS) is 10.2. The van der Waals surface area contributed by atoms with Gasteiger partial charge in [0.2, 0.25) is 0 Å². The van der Waals surface area contributed by atoms with E-state index in [9.17, 15) is 0 Å². The monoisotopic (exact) mass is 139 g/mol. The Morgan fingerprint density at radius 2 is 2.10 bits per heavy atom. The summed E-state index contributed by atoms with van der Waals surface area (Å²) >= 11 is 0. The first-order valence-electron chi connectivity index (χ1n) is 3.64. The smallest absolute Gasteiger partial charge is 0.0830 e. The fourth-order valence-corrected chi connectivity index (χ4v) is 0.998. The number of aromatic nitrogens is 1. The molecule has 0 saturated carbocycles. The van der Waals surface area contributed by atoms with Crippen LogP contribution in [0.1, 0.15) is 24.7 Å². The van der Waals surface area contributed by atoms with Crippen molar-refractivity contribution in [2.45, 2.75) is 26.4 Å².